The van der Waals surface area contributed by atoms with Crippen molar-refractivity contribution in [3.8, 4) is 0 Å². The van der Waals surface area contributed by atoms with Crippen LogP contribution in [-0.4, -0.2) is 31.3 Å². The third-order valence-electron chi connectivity index (χ3n) is 3.51. The number of pyridine rings is 1. The molecule has 0 saturated heterocycles. The van der Waals surface area contributed by atoms with Crippen LogP contribution in [0.2, 0.25) is 0 Å². The monoisotopic (exact) mass is 263 g/mol. The summed E-state index contributed by atoms with van der Waals surface area (Å²) in [5.41, 5.74) is 2.23. The molecule has 1 aromatic heterocycles. The van der Waals surface area contributed by atoms with Gasteiger partial charge >= 0.3 is 0 Å². The van der Waals surface area contributed by atoms with Crippen LogP contribution in [0.3, 0.4) is 0 Å². The average Bonchev–Trinajstić information content (AvgIpc) is 2.44. The number of hydrogen-bond donors (Lipinski definition) is 2. The maximum Gasteiger partial charge on any atom is 0.0574 e. The zero-order valence-corrected chi connectivity index (χ0v) is 12.0. The van der Waals surface area contributed by atoms with Crippen molar-refractivity contribution in [2.24, 2.45) is 0 Å². The van der Waals surface area contributed by atoms with E-state index in [4.69, 9.17) is 9.72 Å². The summed E-state index contributed by atoms with van der Waals surface area (Å²) in [7, 11) is 0. The maximum atomic E-state index is 5.60. The van der Waals surface area contributed by atoms with Crippen LogP contribution in [0.5, 0.6) is 0 Å². The van der Waals surface area contributed by atoms with Crippen molar-refractivity contribution in [3.05, 3.63) is 29.6 Å². The molecule has 0 aromatic carbocycles. The first-order chi connectivity index (χ1) is 9.27. The van der Waals surface area contributed by atoms with Crippen LogP contribution in [0.4, 0.5) is 0 Å². The van der Waals surface area contributed by atoms with Crippen molar-refractivity contribution >= 4 is 0 Å². The van der Waals surface area contributed by atoms with Gasteiger partial charge in [0, 0.05) is 25.3 Å². The van der Waals surface area contributed by atoms with Gasteiger partial charge in [0.05, 0.1) is 11.4 Å². The molecule has 2 N–H and O–H groups in total. The van der Waals surface area contributed by atoms with Gasteiger partial charge in [-0.3, -0.25) is 4.98 Å². The van der Waals surface area contributed by atoms with E-state index in [1.807, 2.05) is 0 Å². The van der Waals surface area contributed by atoms with Crippen molar-refractivity contribution in [1.29, 1.82) is 0 Å². The Morgan fingerprint density at radius 1 is 1.00 bits per heavy atom. The van der Waals surface area contributed by atoms with Crippen LogP contribution in [0, 0.1) is 0 Å². The molecule has 2 heterocycles. The van der Waals surface area contributed by atoms with Gasteiger partial charge in [0.15, 0.2) is 0 Å². The van der Waals surface area contributed by atoms with E-state index in [0.29, 0.717) is 0 Å². The van der Waals surface area contributed by atoms with Gasteiger partial charge in [0.2, 0.25) is 0 Å². The number of nitrogens with one attached hydrogen (secondary N) is 2. The summed E-state index contributed by atoms with van der Waals surface area (Å²) in [4.78, 5) is 4.77. The number of ether oxygens (including phenoxy) is 1. The Bertz CT molecular complexity index is 352. The van der Waals surface area contributed by atoms with Gasteiger partial charge in [-0.15, -0.1) is 0 Å². The highest BCUT2D eigenvalue weighted by Crippen LogP contribution is 2.15. The minimum atomic E-state index is 0.287. The fourth-order valence-corrected chi connectivity index (χ4v) is 2.25. The Balaban J connectivity index is 2.08. The lowest BCUT2D eigenvalue weighted by atomic mass is 10.1. The molecule has 1 aliphatic rings. The molecule has 2 atom stereocenters. The van der Waals surface area contributed by atoms with Gasteiger partial charge in [-0.25, -0.2) is 0 Å². The third kappa shape index (κ3) is 4.56. The quantitative estimate of drug-likeness (QED) is 0.753. The second-order valence-electron chi connectivity index (χ2n) is 5.16. The standard InChI is InChI=1S/C15H25N3O/c1-12-14-6-3-7-15(18-14)13(2)17-9-5-11-19-10-4-8-16-12/h3,6-7,12-13,16-17H,4-5,8-11H2,1-2H3. The molecule has 106 valence electrons. The zero-order valence-electron chi connectivity index (χ0n) is 12.0. The van der Waals surface area contributed by atoms with E-state index in [1.165, 1.54) is 0 Å². The molecule has 0 fully saturated rings. The predicted molar refractivity (Wildman–Crippen MR) is 77.1 cm³/mol. The molecule has 2 unspecified atom stereocenters. The van der Waals surface area contributed by atoms with Crippen LogP contribution >= 0.6 is 0 Å². The highest BCUT2D eigenvalue weighted by Gasteiger charge is 2.11. The van der Waals surface area contributed by atoms with Gasteiger partial charge in [-0.2, -0.15) is 0 Å². The minimum Gasteiger partial charge on any atom is -0.381 e. The number of hydrogen-bond acceptors (Lipinski definition) is 4. The van der Waals surface area contributed by atoms with E-state index in [0.717, 1.165) is 50.5 Å². The van der Waals surface area contributed by atoms with E-state index in [-0.39, 0.29) is 12.1 Å². The van der Waals surface area contributed by atoms with Gasteiger partial charge in [0.1, 0.15) is 0 Å². The van der Waals surface area contributed by atoms with Crippen LogP contribution in [0.1, 0.15) is 50.2 Å². The van der Waals surface area contributed by atoms with Crippen LogP contribution in [0.25, 0.3) is 0 Å². The SMILES string of the molecule is CC1NCCCOCCCNC(C)c2cccc1n2. The van der Waals surface area contributed by atoms with Crippen molar-refractivity contribution in [1.82, 2.24) is 15.6 Å². The lowest BCUT2D eigenvalue weighted by Gasteiger charge is -2.18. The average molecular weight is 263 g/mol. The molecule has 0 saturated carbocycles. The van der Waals surface area contributed by atoms with Crippen molar-refractivity contribution in [2.45, 2.75) is 38.8 Å². The molecular weight excluding hydrogens is 238 g/mol. The van der Waals surface area contributed by atoms with E-state index in [9.17, 15) is 0 Å². The van der Waals surface area contributed by atoms with Gasteiger partial charge in [-0.1, -0.05) is 6.07 Å². The van der Waals surface area contributed by atoms with E-state index in [2.05, 4.69) is 42.7 Å². The number of rotatable bonds is 0. The first-order valence-electron chi connectivity index (χ1n) is 7.29. The number of nitrogens with zero attached hydrogens (tertiary/aromatic N) is 1. The molecule has 4 nitrogen and oxygen atoms in total. The first-order valence-corrected chi connectivity index (χ1v) is 7.29. The van der Waals surface area contributed by atoms with Crippen molar-refractivity contribution in [3.63, 3.8) is 0 Å². The second kappa shape index (κ2) is 7.58. The lowest BCUT2D eigenvalue weighted by Crippen LogP contribution is -2.25. The van der Waals surface area contributed by atoms with Crippen molar-refractivity contribution < 1.29 is 4.74 Å². The summed E-state index contributed by atoms with van der Waals surface area (Å²) >= 11 is 0. The summed E-state index contributed by atoms with van der Waals surface area (Å²) < 4.78 is 5.60. The molecular formula is C15H25N3O. The molecule has 1 aliphatic heterocycles. The van der Waals surface area contributed by atoms with Gasteiger partial charge in [0.25, 0.3) is 0 Å². The second-order valence-corrected chi connectivity index (χ2v) is 5.16. The molecule has 0 amide bonds. The summed E-state index contributed by atoms with van der Waals surface area (Å²) in [6.45, 7) is 7.95. The molecule has 1 aromatic rings. The molecule has 2 bridgehead atoms. The molecule has 2 rings (SSSR count). The highest BCUT2D eigenvalue weighted by molar-refractivity contribution is 5.16. The minimum absolute atomic E-state index is 0.287. The Labute approximate surface area is 116 Å². The fourth-order valence-electron chi connectivity index (χ4n) is 2.25. The normalized spacial score (nSPS) is 26.6. The first kappa shape index (κ1) is 14.4. The van der Waals surface area contributed by atoms with E-state index in [1.54, 1.807) is 0 Å². The summed E-state index contributed by atoms with van der Waals surface area (Å²) in [5, 5.41) is 6.99. The number of aromatic nitrogens is 1. The lowest BCUT2D eigenvalue weighted by molar-refractivity contribution is 0.128. The van der Waals surface area contributed by atoms with E-state index >= 15 is 0 Å². The van der Waals surface area contributed by atoms with E-state index < -0.39 is 0 Å². The molecule has 0 aliphatic carbocycles. The molecule has 0 radical (unpaired) electrons. The highest BCUT2D eigenvalue weighted by atomic mass is 16.5. The topological polar surface area (TPSA) is 46.2 Å². The smallest absolute Gasteiger partial charge is 0.0574 e. The maximum absolute atomic E-state index is 5.60. The largest absolute Gasteiger partial charge is 0.381 e. The Morgan fingerprint density at radius 2 is 1.53 bits per heavy atom. The predicted octanol–water partition coefficient (Wildman–Crippen LogP) is 2.19. The van der Waals surface area contributed by atoms with Crippen molar-refractivity contribution in [2.75, 3.05) is 26.3 Å². The molecule has 19 heavy (non-hydrogen) atoms. The van der Waals surface area contributed by atoms with Crippen LogP contribution in [0.15, 0.2) is 18.2 Å². The Kier molecular flexibility index (Phi) is 5.76. The summed E-state index contributed by atoms with van der Waals surface area (Å²) in [6, 6.07) is 6.86. The molecule has 4 heteroatoms. The number of fused-ring (bicyclic) bond motifs is 2. The van der Waals surface area contributed by atoms with Gasteiger partial charge in [-0.05, 0) is 51.9 Å². The zero-order chi connectivity index (χ0) is 13.5. The summed E-state index contributed by atoms with van der Waals surface area (Å²) in [5.74, 6) is 0. The van der Waals surface area contributed by atoms with Crippen LogP contribution in [-0.2, 0) is 4.74 Å². The third-order valence-corrected chi connectivity index (χ3v) is 3.51. The fraction of sp³-hybridized carbons (Fsp3) is 0.667. The van der Waals surface area contributed by atoms with Gasteiger partial charge < -0.3 is 15.4 Å². The summed E-state index contributed by atoms with van der Waals surface area (Å²) in [6.07, 6.45) is 2.10. The van der Waals surface area contributed by atoms with Crippen LogP contribution < -0.4 is 10.6 Å². The molecule has 0 spiro atoms. The Hall–Kier alpha value is -0.970. The Morgan fingerprint density at radius 3 is 2.05 bits per heavy atom.